The number of aryl methyl sites for hydroxylation is 1. The van der Waals surface area contributed by atoms with E-state index in [0.29, 0.717) is 11.7 Å². The van der Waals surface area contributed by atoms with Crippen molar-refractivity contribution in [1.29, 1.82) is 0 Å². The summed E-state index contributed by atoms with van der Waals surface area (Å²) in [5.74, 6) is 1.16. The summed E-state index contributed by atoms with van der Waals surface area (Å²) >= 11 is 8.28. The van der Waals surface area contributed by atoms with Crippen LogP contribution in [0.1, 0.15) is 22.8 Å². The van der Waals surface area contributed by atoms with Gasteiger partial charge in [0.05, 0.1) is 6.42 Å². The molecule has 27 heavy (non-hydrogen) atoms. The second-order valence-corrected chi connectivity index (χ2v) is 8.73. The van der Waals surface area contributed by atoms with Gasteiger partial charge >= 0.3 is 0 Å². The van der Waals surface area contributed by atoms with Crippen molar-refractivity contribution >= 4 is 40.2 Å². The highest BCUT2D eigenvalue weighted by atomic mass is 35.5. The maximum absolute atomic E-state index is 13.0. The summed E-state index contributed by atoms with van der Waals surface area (Å²) in [5.41, 5.74) is 3.47. The second kappa shape index (κ2) is 7.99. The van der Waals surface area contributed by atoms with Gasteiger partial charge in [-0.15, -0.1) is 0 Å². The van der Waals surface area contributed by atoms with Crippen molar-refractivity contribution in [2.45, 2.75) is 18.1 Å². The standard InChI is InChI=1S/C22H23ClN2OS/c1-24-15-16(17-6-3-5-9-20(17)24)14-22(26)25-11-10-21(27-13-12-25)18-7-2-4-8-19(18)23/h2-9,15,21H,10-14H2,1H3. The minimum Gasteiger partial charge on any atom is -0.350 e. The van der Waals surface area contributed by atoms with Gasteiger partial charge in [-0.3, -0.25) is 4.79 Å². The molecular weight excluding hydrogens is 376 g/mol. The number of fused-ring (bicyclic) bond motifs is 1. The van der Waals surface area contributed by atoms with Crippen molar-refractivity contribution in [3.8, 4) is 0 Å². The molecule has 1 aliphatic heterocycles. The molecule has 1 atom stereocenters. The number of carbonyl (C=O) groups is 1. The Balaban J connectivity index is 1.46. The molecule has 0 aliphatic carbocycles. The molecular formula is C22H23ClN2OS. The van der Waals surface area contributed by atoms with Crippen LogP contribution in [0, 0.1) is 0 Å². The molecule has 2 aromatic carbocycles. The number of aromatic nitrogens is 1. The van der Waals surface area contributed by atoms with E-state index in [1.165, 1.54) is 16.5 Å². The molecule has 3 aromatic rings. The molecule has 1 fully saturated rings. The minimum absolute atomic E-state index is 0.215. The van der Waals surface area contributed by atoms with Crippen LogP contribution in [0.15, 0.2) is 54.7 Å². The van der Waals surface area contributed by atoms with Crippen LogP contribution in [0.4, 0.5) is 0 Å². The summed E-state index contributed by atoms with van der Waals surface area (Å²) in [6.45, 7) is 1.59. The lowest BCUT2D eigenvalue weighted by molar-refractivity contribution is -0.130. The van der Waals surface area contributed by atoms with Gasteiger partial charge in [-0.05, 0) is 29.7 Å². The van der Waals surface area contributed by atoms with Crippen LogP contribution in [0.25, 0.3) is 10.9 Å². The number of hydrogen-bond acceptors (Lipinski definition) is 2. The summed E-state index contributed by atoms with van der Waals surface area (Å²) in [4.78, 5) is 15.0. The predicted octanol–water partition coefficient (Wildman–Crippen LogP) is 5.08. The smallest absolute Gasteiger partial charge is 0.227 e. The number of thioether (sulfide) groups is 1. The number of rotatable bonds is 3. The van der Waals surface area contributed by atoms with Gasteiger partial charge in [-0.25, -0.2) is 0 Å². The van der Waals surface area contributed by atoms with E-state index in [9.17, 15) is 4.79 Å². The van der Waals surface area contributed by atoms with E-state index in [2.05, 4.69) is 29.0 Å². The molecule has 140 valence electrons. The van der Waals surface area contributed by atoms with E-state index >= 15 is 0 Å². The van der Waals surface area contributed by atoms with Crippen LogP contribution in [0.3, 0.4) is 0 Å². The number of para-hydroxylation sites is 1. The van der Waals surface area contributed by atoms with Gasteiger partial charge in [0.25, 0.3) is 0 Å². The Kier molecular flexibility index (Phi) is 5.46. The third kappa shape index (κ3) is 3.87. The third-order valence-electron chi connectivity index (χ3n) is 5.27. The molecule has 3 nitrogen and oxygen atoms in total. The molecule has 5 heteroatoms. The zero-order valence-corrected chi connectivity index (χ0v) is 17.0. The van der Waals surface area contributed by atoms with Gasteiger partial charge in [0.15, 0.2) is 0 Å². The lowest BCUT2D eigenvalue weighted by Crippen LogP contribution is -2.34. The molecule has 1 aromatic heterocycles. The Morgan fingerprint density at radius 3 is 2.78 bits per heavy atom. The highest BCUT2D eigenvalue weighted by Gasteiger charge is 2.24. The fraction of sp³-hybridized carbons (Fsp3) is 0.318. The monoisotopic (exact) mass is 398 g/mol. The maximum Gasteiger partial charge on any atom is 0.227 e. The first kappa shape index (κ1) is 18.5. The van der Waals surface area contributed by atoms with Crippen molar-refractivity contribution in [1.82, 2.24) is 9.47 Å². The Morgan fingerprint density at radius 1 is 1.15 bits per heavy atom. The zero-order chi connectivity index (χ0) is 18.8. The van der Waals surface area contributed by atoms with Crippen LogP contribution >= 0.6 is 23.4 Å². The molecule has 0 spiro atoms. The van der Waals surface area contributed by atoms with E-state index in [-0.39, 0.29) is 5.91 Å². The Labute approximate surface area is 169 Å². The van der Waals surface area contributed by atoms with Crippen LogP contribution in [0.2, 0.25) is 5.02 Å². The Hall–Kier alpha value is -1.91. The van der Waals surface area contributed by atoms with Crippen molar-refractivity contribution < 1.29 is 4.79 Å². The van der Waals surface area contributed by atoms with E-state index in [4.69, 9.17) is 11.6 Å². The van der Waals surface area contributed by atoms with Crippen molar-refractivity contribution in [3.05, 3.63) is 70.9 Å². The van der Waals surface area contributed by atoms with E-state index in [1.807, 2.05) is 54.0 Å². The number of benzene rings is 2. The Morgan fingerprint density at radius 2 is 1.93 bits per heavy atom. The number of hydrogen-bond donors (Lipinski definition) is 0. The molecule has 2 heterocycles. The van der Waals surface area contributed by atoms with Crippen molar-refractivity contribution in [3.63, 3.8) is 0 Å². The molecule has 1 saturated heterocycles. The van der Waals surface area contributed by atoms with E-state index in [0.717, 1.165) is 35.8 Å². The van der Waals surface area contributed by atoms with Gasteiger partial charge in [-0.2, -0.15) is 11.8 Å². The SMILES string of the molecule is Cn1cc(CC(=O)N2CCSC(c3ccccc3Cl)CC2)c2ccccc21. The summed E-state index contributed by atoms with van der Waals surface area (Å²) in [6, 6.07) is 16.3. The summed E-state index contributed by atoms with van der Waals surface area (Å²) < 4.78 is 2.10. The molecule has 1 aliphatic rings. The quantitative estimate of drug-likeness (QED) is 0.614. The lowest BCUT2D eigenvalue weighted by Gasteiger charge is -2.20. The first-order valence-corrected chi connectivity index (χ1v) is 10.7. The lowest BCUT2D eigenvalue weighted by atomic mass is 10.1. The van der Waals surface area contributed by atoms with Gasteiger partial charge in [-0.1, -0.05) is 48.0 Å². The zero-order valence-electron chi connectivity index (χ0n) is 15.4. The topological polar surface area (TPSA) is 25.2 Å². The van der Waals surface area contributed by atoms with Crippen LogP contribution in [-0.2, 0) is 18.3 Å². The normalized spacial score (nSPS) is 17.9. The summed E-state index contributed by atoms with van der Waals surface area (Å²) in [6.07, 6.45) is 3.49. The first-order valence-electron chi connectivity index (χ1n) is 9.30. The van der Waals surface area contributed by atoms with Gasteiger partial charge < -0.3 is 9.47 Å². The fourth-order valence-electron chi connectivity index (χ4n) is 3.85. The molecule has 1 unspecified atom stereocenters. The number of carbonyl (C=O) groups excluding carboxylic acids is 1. The largest absolute Gasteiger partial charge is 0.350 e. The van der Waals surface area contributed by atoms with Gasteiger partial charge in [0.2, 0.25) is 5.91 Å². The molecule has 0 radical (unpaired) electrons. The fourth-order valence-corrected chi connectivity index (χ4v) is 5.45. The first-order chi connectivity index (χ1) is 13.1. The average Bonchev–Trinajstić information content (AvgIpc) is 2.85. The third-order valence-corrected chi connectivity index (χ3v) is 6.92. The summed E-state index contributed by atoms with van der Waals surface area (Å²) in [7, 11) is 2.03. The number of nitrogens with zero attached hydrogens (tertiary/aromatic N) is 2. The Bertz CT molecular complexity index is 968. The molecule has 0 saturated carbocycles. The summed E-state index contributed by atoms with van der Waals surface area (Å²) in [5, 5.41) is 2.35. The molecule has 0 N–H and O–H groups in total. The highest BCUT2D eigenvalue weighted by Crippen LogP contribution is 2.37. The van der Waals surface area contributed by atoms with Crippen molar-refractivity contribution in [2.24, 2.45) is 7.05 Å². The van der Waals surface area contributed by atoms with Crippen LogP contribution in [0.5, 0.6) is 0 Å². The maximum atomic E-state index is 13.0. The van der Waals surface area contributed by atoms with Crippen LogP contribution in [-0.4, -0.2) is 34.2 Å². The number of amides is 1. The number of halogens is 1. The molecule has 1 amide bonds. The van der Waals surface area contributed by atoms with Crippen LogP contribution < -0.4 is 0 Å². The van der Waals surface area contributed by atoms with E-state index in [1.54, 1.807) is 0 Å². The van der Waals surface area contributed by atoms with Gasteiger partial charge in [0, 0.05) is 53.3 Å². The second-order valence-electron chi connectivity index (χ2n) is 7.01. The molecule has 4 rings (SSSR count). The van der Waals surface area contributed by atoms with E-state index < -0.39 is 0 Å². The average molecular weight is 399 g/mol. The van der Waals surface area contributed by atoms with Gasteiger partial charge in [0.1, 0.15) is 0 Å². The van der Waals surface area contributed by atoms with Crippen molar-refractivity contribution in [2.75, 3.05) is 18.8 Å². The predicted molar refractivity (Wildman–Crippen MR) is 114 cm³/mol. The minimum atomic E-state index is 0.215. The highest BCUT2D eigenvalue weighted by molar-refractivity contribution is 7.99. The molecule has 0 bridgehead atoms.